The largest absolute Gasteiger partial charge is 0.397 e. The Balaban J connectivity index is 1.77. The molecular formula is C17H21N3O. The maximum absolute atomic E-state index is 12.4. The Morgan fingerprint density at radius 2 is 1.95 bits per heavy atom. The Labute approximate surface area is 125 Å². The van der Waals surface area contributed by atoms with Crippen LogP contribution >= 0.6 is 0 Å². The molecule has 3 N–H and O–H groups in total. The van der Waals surface area contributed by atoms with Gasteiger partial charge in [-0.1, -0.05) is 26.0 Å². The Morgan fingerprint density at radius 1 is 1.29 bits per heavy atom. The molecular weight excluding hydrogens is 262 g/mol. The molecule has 4 heteroatoms. The van der Waals surface area contributed by atoms with Gasteiger partial charge in [-0.3, -0.25) is 4.79 Å². The predicted octanol–water partition coefficient (Wildman–Crippen LogP) is 3.78. The lowest BCUT2D eigenvalue weighted by molar-refractivity contribution is 0.101. The highest BCUT2D eigenvalue weighted by Crippen LogP contribution is 2.37. The van der Waals surface area contributed by atoms with Crippen molar-refractivity contribution in [3.05, 3.63) is 47.8 Å². The van der Waals surface area contributed by atoms with Crippen LogP contribution in [-0.4, -0.2) is 10.5 Å². The second-order valence-corrected chi connectivity index (χ2v) is 6.03. The first kappa shape index (κ1) is 13.7. The van der Waals surface area contributed by atoms with Gasteiger partial charge in [-0.25, -0.2) is 0 Å². The van der Waals surface area contributed by atoms with Crippen molar-refractivity contribution < 1.29 is 4.79 Å². The lowest BCUT2D eigenvalue weighted by Crippen LogP contribution is -2.16. The molecule has 1 amide bonds. The highest BCUT2D eigenvalue weighted by molar-refractivity contribution is 6.03. The molecule has 2 aromatic rings. The third-order valence-electron chi connectivity index (χ3n) is 3.88. The fraction of sp³-hybridized carbons (Fsp3) is 0.353. The van der Waals surface area contributed by atoms with Crippen LogP contribution < -0.4 is 11.1 Å². The van der Waals surface area contributed by atoms with Gasteiger partial charge in [0, 0.05) is 17.9 Å². The second kappa shape index (κ2) is 5.28. The molecule has 1 aromatic heterocycles. The Kier molecular flexibility index (Phi) is 3.45. The third kappa shape index (κ3) is 2.94. The van der Waals surface area contributed by atoms with Gasteiger partial charge in [-0.05, 0) is 42.5 Å². The van der Waals surface area contributed by atoms with E-state index >= 15 is 0 Å². The summed E-state index contributed by atoms with van der Waals surface area (Å²) in [7, 11) is 0. The quantitative estimate of drug-likeness (QED) is 0.897. The number of amides is 1. The zero-order valence-electron chi connectivity index (χ0n) is 12.5. The summed E-state index contributed by atoms with van der Waals surface area (Å²) >= 11 is 0. The molecule has 0 spiro atoms. The molecule has 0 aliphatic heterocycles. The summed E-state index contributed by atoms with van der Waals surface area (Å²) in [6, 6.07) is 10.2. The molecule has 110 valence electrons. The number of nitrogens with two attached hydrogens (primary N) is 1. The van der Waals surface area contributed by atoms with Crippen molar-refractivity contribution in [3.8, 4) is 0 Å². The van der Waals surface area contributed by atoms with E-state index in [9.17, 15) is 4.79 Å². The van der Waals surface area contributed by atoms with Crippen LogP contribution in [0.2, 0.25) is 0 Å². The Bertz CT molecular complexity index is 651. The van der Waals surface area contributed by atoms with E-state index in [1.54, 1.807) is 6.07 Å². The molecule has 0 atom stereocenters. The summed E-state index contributed by atoms with van der Waals surface area (Å²) in [6.07, 6.45) is 4.10. The topological polar surface area (TPSA) is 60.1 Å². The van der Waals surface area contributed by atoms with Crippen molar-refractivity contribution in [2.75, 3.05) is 11.1 Å². The number of nitrogens with one attached hydrogen (secondary N) is 1. The van der Waals surface area contributed by atoms with E-state index in [0.717, 1.165) is 18.5 Å². The number of aromatic nitrogens is 1. The van der Waals surface area contributed by atoms with Gasteiger partial charge in [0.2, 0.25) is 0 Å². The number of carbonyl (C=O) groups is 1. The lowest BCUT2D eigenvalue weighted by Gasteiger charge is -2.10. The van der Waals surface area contributed by atoms with E-state index in [1.807, 2.05) is 22.9 Å². The van der Waals surface area contributed by atoms with Gasteiger partial charge in [-0.15, -0.1) is 0 Å². The third-order valence-corrected chi connectivity index (χ3v) is 3.88. The molecule has 1 heterocycles. The number of nitrogens with zero attached hydrogens (tertiary/aromatic N) is 1. The van der Waals surface area contributed by atoms with Crippen LogP contribution in [0.5, 0.6) is 0 Å². The highest BCUT2D eigenvalue weighted by Gasteiger charge is 2.27. The number of anilines is 2. The van der Waals surface area contributed by atoms with Crippen molar-refractivity contribution >= 4 is 17.3 Å². The van der Waals surface area contributed by atoms with E-state index in [0.29, 0.717) is 23.3 Å². The first-order valence-corrected chi connectivity index (χ1v) is 7.43. The maximum atomic E-state index is 12.4. The zero-order chi connectivity index (χ0) is 15.0. The number of benzene rings is 1. The van der Waals surface area contributed by atoms with E-state index < -0.39 is 0 Å². The standard InChI is InChI=1S/C17H21N3O/c1-11(2)12-3-5-14(6-4-12)19-17(21)16-9-13(18)10-20(16)15-7-8-15/h3-6,9-11,15H,7-8,18H2,1-2H3,(H,19,21). The average molecular weight is 283 g/mol. The second-order valence-electron chi connectivity index (χ2n) is 6.03. The fourth-order valence-electron chi connectivity index (χ4n) is 2.48. The Hall–Kier alpha value is -2.23. The lowest BCUT2D eigenvalue weighted by atomic mass is 10.0. The number of carbonyl (C=O) groups excluding carboxylic acids is 1. The van der Waals surface area contributed by atoms with Crippen LogP contribution in [0, 0.1) is 0 Å². The smallest absolute Gasteiger partial charge is 0.272 e. The summed E-state index contributed by atoms with van der Waals surface area (Å²) in [5.74, 6) is 0.387. The molecule has 1 aliphatic rings. The normalized spacial score (nSPS) is 14.4. The summed E-state index contributed by atoms with van der Waals surface area (Å²) in [5, 5.41) is 2.95. The fourth-order valence-corrected chi connectivity index (χ4v) is 2.48. The molecule has 1 aliphatic carbocycles. The molecule has 0 radical (unpaired) electrons. The molecule has 1 saturated carbocycles. The van der Waals surface area contributed by atoms with Crippen molar-refractivity contribution in [3.63, 3.8) is 0 Å². The molecule has 4 nitrogen and oxygen atoms in total. The average Bonchev–Trinajstić information content (AvgIpc) is 3.22. The summed E-state index contributed by atoms with van der Waals surface area (Å²) < 4.78 is 1.99. The number of rotatable bonds is 4. The SMILES string of the molecule is CC(C)c1ccc(NC(=O)c2cc(N)cn2C2CC2)cc1. The number of hydrogen-bond acceptors (Lipinski definition) is 2. The van der Waals surface area contributed by atoms with Gasteiger partial charge in [-0.2, -0.15) is 0 Å². The minimum Gasteiger partial charge on any atom is -0.397 e. The van der Waals surface area contributed by atoms with Crippen LogP contribution in [0.25, 0.3) is 0 Å². The molecule has 0 bridgehead atoms. The summed E-state index contributed by atoms with van der Waals surface area (Å²) in [4.78, 5) is 12.4. The molecule has 21 heavy (non-hydrogen) atoms. The maximum Gasteiger partial charge on any atom is 0.272 e. The first-order valence-electron chi connectivity index (χ1n) is 7.43. The van der Waals surface area contributed by atoms with Gasteiger partial charge in [0.05, 0.1) is 5.69 Å². The predicted molar refractivity (Wildman–Crippen MR) is 85.6 cm³/mol. The molecule has 1 aromatic carbocycles. The van der Waals surface area contributed by atoms with E-state index in [-0.39, 0.29) is 5.91 Å². The molecule has 0 saturated heterocycles. The van der Waals surface area contributed by atoms with Crippen LogP contribution in [0.1, 0.15) is 54.7 Å². The van der Waals surface area contributed by atoms with Crippen molar-refractivity contribution in [1.29, 1.82) is 0 Å². The zero-order valence-corrected chi connectivity index (χ0v) is 12.5. The Morgan fingerprint density at radius 3 is 2.52 bits per heavy atom. The van der Waals surface area contributed by atoms with E-state index in [2.05, 4.69) is 31.3 Å². The van der Waals surface area contributed by atoms with Crippen molar-refractivity contribution in [1.82, 2.24) is 4.57 Å². The first-order chi connectivity index (χ1) is 10.0. The van der Waals surface area contributed by atoms with Gasteiger partial charge in [0.25, 0.3) is 5.91 Å². The van der Waals surface area contributed by atoms with Gasteiger partial charge >= 0.3 is 0 Å². The van der Waals surface area contributed by atoms with Crippen molar-refractivity contribution in [2.24, 2.45) is 0 Å². The minimum atomic E-state index is -0.101. The monoisotopic (exact) mass is 283 g/mol. The van der Waals surface area contributed by atoms with Crippen LogP contribution in [0.15, 0.2) is 36.5 Å². The van der Waals surface area contributed by atoms with Gasteiger partial charge in [0.1, 0.15) is 5.69 Å². The number of hydrogen-bond donors (Lipinski definition) is 2. The van der Waals surface area contributed by atoms with Crippen LogP contribution in [-0.2, 0) is 0 Å². The van der Waals surface area contributed by atoms with Crippen LogP contribution in [0.3, 0.4) is 0 Å². The summed E-state index contributed by atoms with van der Waals surface area (Å²) in [5.41, 5.74) is 9.19. The highest BCUT2D eigenvalue weighted by atomic mass is 16.1. The van der Waals surface area contributed by atoms with Gasteiger partial charge in [0.15, 0.2) is 0 Å². The molecule has 0 unspecified atom stereocenters. The molecule has 3 rings (SSSR count). The summed E-state index contributed by atoms with van der Waals surface area (Å²) in [6.45, 7) is 4.30. The number of nitrogen functional groups attached to an aromatic ring is 1. The van der Waals surface area contributed by atoms with Crippen LogP contribution in [0.4, 0.5) is 11.4 Å². The minimum absolute atomic E-state index is 0.101. The van der Waals surface area contributed by atoms with Crippen molar-refractivity contribution in [2.45, 2.75) is 38.6 Å². The van der Waals surface area contributed by atoms with E-state index in [4.69, 9.17) is 5.73 Å². The van der Waals surface area contributed by atoms with E-state index in [1.165, 1.54) is 5.56 Å². The molecule has 1 fully saturated rings. The van der Waals surface area contributed by atoms with Gasteiger partial charge < -0.3 is 15.6 Å².